The molecule has 0 N–H and O–H groups in total. The van der Waals surface area contributed by atoms with Gasteiger partial charge in [0.1, 0.15) is 6.10 Å². The minimum atomic E-state index is -1.19. The van der Waals surface area contributed by atoms with E-state index < -0.39 is 5.97 Å². The van der Waals surface area contributed by atoms with Crippen LogP contribution in [-0.4, -0.2) is 18.1 Å². The summed E-state index contributed by atoms with van der Waals surface area (Å²) in [6, 6.07) is 11.4. The van der Waals surface area contributed by atoms with Gasteiger partial charge in [0.05, 0.1) is 5.97 Å². The summed E-state index contributed by atoms with van der Waals surface area (Å²) in [4.78, 5) is 14.7. The van der Waals surface area contributed by atoms with Crippen LogP contribution >= 0.6 is 0 Å². The second kappa shape index (κ2) is 8.86. The van der Waals surface area contributed by atoms with E-state index in [2.05, 4.69) is 4.98 Å². The van der Waals surface area contributed by atoms with Crippen molar-refractivity contribution < 1.29 is 44.2 Å². The van der Waals surface area contributed by atoms with E-state index in [1.54, 1.807) is 26.4 Å². The number of methoxy groups -OCH3 is 1. The number of rotatable bonds is 5. The van der Waals surface area contributed by atoms with E-state index in [1.165, 1.54) is 0 Å². The van der Waals surface area contributed by atoms with Crippen LogP contribution in [-0.2, 0) is 9.53 Å². The summed E-state index contributed by atoms with van der Waals surface area (Å²) in [5.41, 5.74) is 3.44. The molecule has 2 aromatic rings. The number of hydrogen-bond acceptors (Lipinski definition) is 4. The van der Waals surface area contributed by atoms with E-state index in [0.717, 1.165) is 22.8 Å². The molecule has 0 bridgehead atoms. The number of aromatic nitrogens is 1. The number of pyridine rings is 1. The maximum absolute atomic E-state index is 10.6. The summed E-state index contributed by atoms with van der Waals surface area (Å²) < 4.78 is 5.53. The normalized spacial score (nSPS) is 12.4. The first-order valence-corrected chi connectivity index (χ1v) is 6.54. The van der Waals surface area contributed by atoms with Gasteiger partial charge in [0.25, 0.3) is 0 Å². The smallest absolute Gasteiger partial charge is 0.545 e. The van der Waals surface area contributed by atoms with E-state index in [4.69, 9.17) is 4.74 Å². The van der Waals surface area contributed by atoms with Crippen LogP contribution in [0.5, 0.6) is 0 Å². The Balaban J connectivity index is 0.00000242. The Morgan fingerprint density at radius 3 is 2.41 bits per heavy atom. The molecule has 0 saturated heterocycles. The van der Waals surface area contributed by atoms with Crippen molar-refractivity contribution in [2.24, 2.45) is 0 Å². The SMILES string of the molecule is COC(c1ccc(C(C)=CC(=O)[O-])cc1)c1cccnc1.[Na+]. The van der Waals surface area contributed by atoms with Crippen molar-refractivity contribution in [1.82, 2.24) is 4.98 Å². The van der Waals surface area contributed by atoms with Gasteiger partial charge >= 0.3 is 29.6 Å². The average Bonchev–Trinajstić information content (AvgIpc) is 2.49. The molecule has 0 aliphatic rings. The molecule has 0 spiro atoms. The third-order valence-electron chi connectivity index (χ3n) is 3.23. The fourth-order valence-electron chi connectivity index (χ4n) is 2.18. The molecule has 0 radical (unpaired) electrons. The molecule has 1 unspecified atom stereocenters. The van der Waals surface area contributed by atoms with Gasteiger partial charge in [-0.25, -0.2) is 0 Å². The fraction of sp³-hybridized carbons (Fsp3) is 0.176. The second-order valence-corrected chi connectivity index (χ2v) is 4.67. The monoisotopic (exact) mass is 305 g/mol. The molecule has 0 aliphatic carbocycles. The topological polar surface area (TPSA) is 62.2 Å². The number of carbonyl (C=O) groups excluding carboxylic acids is 1. The number of carbonyl (C=O) groups is 1. The Bertz CT molecular complexity index is 639. The van der Waals surface area contributed by atoms with Gasteiger partial charge in [-0.15, -0.1) is 0 Å². The van der Waals surface area contributed by atoms with Gasteiger partial charge in [-0.3, -0.25) is 4.98 Å². The van der Waals surface area contributed by atoms with Crippen LogP contribution in [0.4, 0.5) is 0 Å². The standard InChI is InChI=1S/C17H17NO3.Na/c1-12(10-16(19)20)13-5-7-14(8-6-13)17(21-2)15-4-3-9-18-11-15;/h3-11,17H,1-2H3,(H,19,20);/q;+1/p-1. The Kier molecular flexibility index (Phi) is 7.48. The third kappa shape index (κ3) is 4.78. The molecule has 4 nitrogen and oxygen atoms in total. The van der Waals surface area contributed by atoms with Crippen molar-refractivity contribution in [2.75, 3.05) is 7.11 Å². The molecule has 1 aromatic carbocycles. The Hall–Kier alpha value is -1.46. The molecule has 0 fully saturated rings. The van der Waals surface area contributed by atoms with Gasteiger partial charge in [0, 0.05) is 25.1 Å². The number of aliphatic carboxylic acids is 1. The minimum Gasteiger partial charge on any atom is -0.545 e. The molecule has 2 rings (SSSR count). The fourth-order valence-corrected chi connectivity index (χ4v) is 2.18. The van der Waals surface area contributed by atoms with Gasteiger partial charge in [-0.2, -0.15) is 0 Å². The predicted octanol–water partition coefficient (Wildman–Crippen LogP) is -1.03. The van der Waals surface area contributed by atoms with Crippen LogP contribution < -0.4 is 34.7 Å². The summed E-state index contributed by atoms with van der Waals surface area (Å²) in [6.45, 7) is 1.74. The second-order valence-electron chi connectivity index (χ2n) is 4.67. The van der Waals surface area contributed by atoms with E-state index in [-0.39, 0.29) is 35.7 Å². The maximum atomic E-state index is 10.6. The number of benzene rings is 1. The first kappa shape index (κ1) is 18.6. The Morgan fingerprint density at radius 1 is 1.23 bits per heavy atom. The van der Waals surface area contributed by atoms with Crippen LogP contribution in [0.2, 0.25) is 0 Å². The van der Waals surface area contributed by atoms with Gasteiger partial charge in [0.15, 0.2) is 0 Å². The van der Waals surface area contributed by atoms with Crippen LogP contribution in [0, 0.1) is 0 Å². The van der Waals surface area contributed by atoms with E-state index in [0.29, 0.717) is 5.57 Å². The largest absolute Gasteiger partial charge is 1.00 e. The first-order valence-electron chi connectivity index (χ1n) is 6.54. The van der Waals surface area contributed by atoms with Crippen molar-refractivity contribution in [1.29, 1.82) is 0 Å². The molecule has 0 aliphatic heterocycles. The summed E-state index contributed by atoms with van der Waals surface area (Å²) in [5, 5.41) is 10.6. The number of nitrogens with zero attached hydrogens (tertiary/aromatic N) is 1. The quantitative estimate of drug-likeness (QED) is 0.524. The van der Waals surface area contributed by atoms with Gasteiger partial charge in [-0.1, -0.05) is 30.3 Å². The van der Waals surface area contributed by atoms with Gasteiger partial charge in [0.2, 0.25) is 0 Å². The number of ether oxygens (including phenoxy) is 1. The molecular weight excluding hydrogens is 289 g/mol. The molecule has 1 atom stereocenters. The number of carboxylic acid groups (broad SMARTS) is 1. The van der Waals surface area contributed by atoms with Crippen LogP contribution in [0.25, 0.3) is 5.57 Å². The molecule has 22 heavy (non-hydrogen) atoms. The minimum absolute atomic E-state index is 0. The van der Waals surface area contributed by atoms with Crippen molar-refractivity contribution in [3.8, 4) is 0 Å². The van der Waals surface area contributed by atoms with E-state index in [9.17, 15) is 9.90 Å². The van der Waals surface area contributed by atoms with Crippen LogP contribution in [0.15, 0.2) is 54.9 Å². The average molecular weight is 305 g/mol. The number of carboxylic acids is 1. The zero-order valence-corrected chi connectivity index (χ0v) is 14.9. The van der Waals surface area contributed by atoms with Crippen molar-refractivity contribution >= 4 is 11.5 Å². The molecule has 1 heterocycles. The third-order valence-corrected chi connectivity index (χ3v) is 3.23. The summed E-state index contributed by atoms with van der Waals surface area (Å²) in [5.74, 6) is -1.19. The van der Waals surface area contributed by atoms with E-state index >= 15 is 0 Å². The zero-order valence-electron chi connectivity index (χ0n) is 12.9. The number of hydrogen-bond donors (Lipinski definition) is 0. The Morgan fingerprint density at radius 2 is 1.91 bits per heavy atom. The maximum Gasteiger partial charge on any atom is 1.00 e. The number of allylic oxidation sites excluding steroid dienone is 1. The Labute approximate surface area is 152 Å². The zero-order chi connectivity index (χ0) is 15.2. The molecular formula is C17H16NNaO3. The molecule has 1 aromatic heterocycles. The van der Waals surface area contributed by atoms with Gasteiger partial charge < -0.3 is 14.6 Å². The summed E-state index contributed by atoms with van der Waals surface area (Å²) in [7, 11) is 1.65. The molecule has 0 amide bonds. The molecule has 0 saturated carbocycles. The van der Waals surface area contributed by atoms with Crippen molar-refractivity contribution in [2.45, 2.75) is 13.0 Å². The summed E-state index contributed by atoms with van der Waals surface area (Å²) in [6.07, 6.45) is 4.37. The predicted molar refractivity (Wildman–Crippen MR) is 78.2 cm³/mol. The molecule has 5 heteroatoms. The van der Waals surface area contributed by atoms with Crippen LogP contribution in [0.3, 0.4) is 0 Å². The first-order chi connectivity index (χ1) is 10.1. The summed E-state index contributed by atoms with van der Waals surface area (Å²) >= 11 is 0. The van der Waals surface area contributed by atoms with Crippen LogP contribution in [0.1, 0.15) is 29.7 Å². The van der Waals surface area contributed by atoms with Crippen molar-refractivity contribution in [3.63, 3.8) is 0 Å². The van der Waals surface area contributed by atoms with Crippen molar-refractivity contribution in [3.05, 3.63) is 71.6 Å². The van der Waals surface area contributed by atoms with Gasteiger partial charge in [-0.05, 0) is 35.8 Å². The molecule has 108 valence electrons. The van der Waals surface area contributed by atoms with E-state index in [1.807, 2.05) is 36.4 Å².